The predicted octanol–water partition coefficient (Wildman–Crippen LogP) is 11.1. The summed E-state index contributed by atoms with van der Waals surface area (Å²) < 4.78 is 2.31. The smallest absolute Gasteiger partial charge is 0.0178 e. The monoisotopic (exact) mass is 612 g/mol. The van der Waals surface area contributed by atoms with Gasteiger partial charge >= 0.3 is 0 Å². The van der Waals surface area contributed by atoms with Crippen LogP contribution in [0.15, 0.2) is 81.7 Å². The van der Waals surface area contributed by atoms with Gasteiger partial charge in [-0.3, -0.25) is 0 Å². The Morgan fingerprint density at radius 1 is 0.486 bits per heavy atom. The van der Waals surface area contributed by atoms with E-state index in [0.717, 1.165) is 15.4 Å². The van der Waals surface area contributed by atoms with Gasteiger partial charge in [-0.25, -0.2) is 0 Å². The van der Waals surface area contributed by atoms with Gasteiger partial charge in [0.1, 0.15) is 0 Å². The van der Waals surface area contributed by atoms with Crippen molar-refractivity contribution in [2.24, 2.45) is 0 Å². The molecule has 0 spiro atoms. The highest BCUT2D eigenvalue weighted by atomic mass is 79.9. The van der Waals surface area contributed by atoms with Crippen molar-refractivity contribution in [3.63, 3.8) is 0 Å². The third kappa shape index (κ3) is 4.25. The Bertz CT molecular complexity index is 1430. The molecule has 4 aromatic rings. The van der Waals surface area contributed by atoms with Crippen LogP contribution in [0, 0.1) is 0 Å². The first-order chi connectivity index (χ1) is 17.4. The molecule has 0 bridgehead atoms. The molecule has 0 amide bonds. The third-order valence-corrected chi connectivity index (χ3v) is 9.41. The molecule has 0 aliphatic heterocycles. The predicted molar refractivity (Wildman–Crippen MR) is 165 cm³/mol. The zero-order valence-corrected chi connectivity index (χ0v) is 25.7. The number of rotatable bonds is 2. The standard InChI is InChI=1S/C35H34Br2/c1-34(2,3)20-7-11-26-28(15-20)29-16-21(35(4,5)6)8-12-27(29)32(26)19-33-30-17-22(36)9-13-24(30)25-14-10-23(37)18-31(25)33/h7-18,32-33H,19H2,1-6H3. The molecule has 2 aliphatic rings. The molecule has 188 valence electrons. The van der Waals surface area contributed by atoms with E-state index in [1.165, 1.54) is 55.6 Å². The molecule has 2 aliphatic carbocycles. The van der Waals surface area contributed by atoms with Crippen LogP contribution in [-0.4, -0.2) is 0 Å². The largest absolute Gasteiger partial charge is 0.0582 e. The summed E-state index contributed by atoms with van der Waals surface area (Å²) in [5, 5.41) is 0. The van der Waals surface area contributed by atoms with Gasteiger partial charge in [0.05, 0.1) is 0 Å². The van der Waals surface area contributed by atoms with E-state index >= 15 is 0 Å². The first-order valence-corrected chi connectivity index (χ1v) is 14.9. The van der Waals surface area contributed by atoms with Crippen molar-refractivity contribution in [3.05, 3.63) is 115 Å². The molecule has 0 fully saturated rings. The minimum absolute atomic E-state index is 0.122. The zero-order valence-electron chi connectivity index (χ0n) is 22.5. The Kier molecular flexibility index (Phi) is 5.90. The maximum Gasteiger partial charge on any atom is 0.0178 e. The molecule has 0 nitrogen and oxygen atoms in total. The van der Waals surface area contributed by atoms with E-state index in [4.69, 9.17) is 0 Å². The summed E-state index contributed by atoms with van der Waals surface area (Å²) in [6, 6.07) is 28.2. The average molecular weight is 614 g/mol. The fraction of sp³-hybridized carbons (Fsp3) is 0.314. The first kappa shape index (κ1) is 25.1. The topological polar surface area (TPSA) is 0 Å². The van der Waals surface area contributed by atoms with Crippen LogP contribution in [0.3, 0.4) is 0 Å². The number of halogens is 2. The molecule has 4 aromatic carbocycles. The molecule has 0 unspecified atom stereocenters. The van der Waals surface area contributed by atoms with Crippen molar-refractivity contribution in [1.82, 2.24) is 0 Å². The second-order valence-corrected chi connectivity index (χ2v) is 14.7. The summed E-state index contributed by atoms with van der Waals surface area (Å²) in [5.41, 5.74) is 14.5. The molecule has 37 heavy (non-hydrogen) atoms. The van der Waals surface area contributed by atoms with E-state index in [-0.39, 0.29) is 10.8 Å². The van der Waals surface area contributed by atoms with Gasteiger partial charge in [0, 0.05) is 20.8 Å². The summed E-state index contributed by atoms with van der Waals surface area (Å²) >= 11 is 7.52. The minimum atomic E-state index is 0.122. The highest BCUT2D eigenvalue weighted by Gasteiger charge is 2.37. The summed E-state index contributed by atoms with van der Waals surface area (Å²) in [4.78, 5) is 0. The molecular formula is C35H34Br2. The van der Waals surface area contributed by atoms with Crippen molar-refractivity contribution in [2.75, 3.05) is 0 Å². The zero-order chi connectivity index (χ0) is 26.3. The van der Waals surface area contributed by atoms with Crippen LogP contribution in [-0.2, 0) is 10.8 Å². The van der Waals surface area contributed by atoms with E-state index in [1.807, 2.05) is 0 Å². The van der Waals surface area contributed by atoms with Gasteiger partial charge < -0.3 is 0 Å². The van der Waals surface area contributed by atoms with Crippen LogP contribution >= 0.6 is 31.9 Å². The van der Waals surface area contributed by atoms with Crippen molar-refractivity contribution in [1.29, 1.82) is 0 Å². The van der Waals surface area contributed by atoms with Crippen LogP contribution in [0.25, 0.3) is 22.3 Å². The Hall–Kier alpha value is -2.16. The van der Waals surface area contributed by atoms with E-state index in [9.17, 15) is 0 Å². The fourth-order valence-corrected chi connectivity index (χ4v) is 7.09. The molecule has 0 heterocycles. The molecule has 0 saturated carbocycles. The van der Waals surface area contributed by atoms with Gasteiger partial charge in [0.25, 0.3) is 0 Å². The van der Waals surface area contributed by atoms with Crippen molar-refractivity contribution >= 4 is 31.9 Å². The van der Waals surface area contributed by atoms with E-state index in [2.05, 4.69) is 146 Å². The van der Waals surface area contributed by atoms with Crippen LogP contribution in [0.4, 0.5) is 0 Å². The highest BCUT2D eigenvalue weighted by molar-refractivity contribution is 9.10. The van der Waals surface area contributed by atoms with E-state index < -0.39 is 0 Å². The SMILES string of the molecule is CC(C)(C)c1ccc2c(c1)-c1cc(C(C)(C)C)ccc1C2CC1c2cc(Br)ccc2-c2ccc(Br)cc21. The van der Waals surface area contributed by atoms with Gasteiger partial charge in [0.2, 0.25) is 0 Å². The third-order valence-electron chi connectivity index (χ3n) is 8.42. The Morgan fingerprint density at radius 2 is 0.892 bits per heavy atom. The minimum Gasteiger partial charge on any atom is -0.0582 e. The lowest BCUT2D eigenvalue weighted by Gasteiger charge is -2.23. The van der Waals surface area contributed by atoms with Crippen molar-refractivity contribution in [2.45, 2.75) is 70.6 Å². The van der Waals surface area contributed by atoms with Crippen LogP contribution in [0.1, 0.15) is 93.2 Å². The Morgan fingerprint density at radius 3 is 1.30 bits per heavy atom. The lowest BCUT2D eigenvalue weighted by Crippen LogP contribution is -2.11. The Labute approximate surface area is 238 Å². The quantitative estimate of drug-likeness (QED) is 0.211. The van der Waals surface area contributed by atoms with Crippen LogP contribution < -0.4 is 0 Å². The normalized spacial score (nSPS) is 14.9. The number of hydrogen-bond donors (Lipinski definition) is 0. The summed E-state index contributed by atoms with van der Waals surface area (Å²) in [6.07, 6.45) is 1.07. The van der Waals surface area contributed by atoms with Crippen LogP contribution in [0.5, 0.6) is 0 Å². The highest BCUT2D eigenvalue weighted by Crippen LogP contribution is 2.55. The molecule has 0 N–H and O–H groups in total. The molecule has 0 saturated heterocycles. The molecule has 2 heteroatoms. The second-order valence-electron chi connectivity index (χ2n) is 12.9. The first-order valence-electron chi connectivity index (χ1n) is 13.3. The molecule has 6 rings (SSSR count). The maximum absolute atomic E-state index is 3.76. The maximum atomic E-state index is 3.76. The lowest BCUT2D eigenvalue weighted by molar-refractivity contribution is 0.589. The lowest BCUT2D eigenvalue weighted by atomic mass is 9.81. The number of hydrogen-bond acceptors (Lipinski definition) is 0. The van der Waals surface area contributed by atoms with Gasteiger partial charge in [0.15, 0.2) is 0 Å². The van der Waals surface area contributed by atoms with E-state index in [0.29, 0.717) is 11.8 Å². The molecule has 0 radical (unpaired) electrons. The number of benzene rings is 4. The average Bonchev–Trinajstić information content (AvgIpc) is 3.29. The van der Waals surface area contributed by atoms with Crippen molar-refractivity contribution in [3.8, 4) is 22.3 Å². The van der Waals surface area contributed by atoms with Gasteiger partial charge in [-0.2, -0.15) is 0 Å². The van der Waals surface area contributed by atoms with Gasteiger partial charge in [-0.05, 0) is 97.2 Å². The summed E-state index contributed by atoms with van der Waals surface area (Å²) in [7, 11) is 0. The second kappa shape index (κ2) is 8.68. The van der Waals surface area contributed by atoms with Crippen molar-refractivity contribution < 1.29 is 0 Å². The molecule has 0 aromatic heterocycles. The summed E-state index contributed by atoms with van der Waals surface area (Å²) in [5.74, 6) is 0.725. The number of fused-ring (bicyclic) bond motifs is 6. The van der Waals surface area contributed by atoms with Crippen LogP contribution in [0.2, 0.25) is 0 Å². The van der Waals surface area contributed by atoms with Gasteiger partial charge in [-0.1, -0.05) is 122 Å². The Balaban J connectivity index is 1.52. The van der Waals surface area contributed by atoms with E-state index in [1.54, 1.807) is 0 Å². The van der Waals surface area contributed by atoms with Gasteiger partial charge in [-0.15, -0.1) is 0 Å². The summed E-state index contributed by atoms with van der Waals surface area (Å²) in [6.45, 7) is 13.9. The molecule has 0 atom stereocenters. The fourth-order valence-electron chi connectivity index (χ4n) is 6.33. The molecular weight excluding hydrogens is 580 g/mol.